The van der Waals surface area contributed by atoms with Crippen molar-refractivity contribution in [2.75, 3.05) is 17.7 Å². The third kappa shape index (κ3) is 1.25. The molecule has 1 atom stereocenters. The smallest absolute Gasteiger partial charge is 0.135 e. The minimum absolute atomic E-state index is 0.355. The molecule has 3 rings (SSSR count). The lowest BCUT2D eigenvalue weighted by molar-refractivity contribution is 0.483. The summed E-state index contributed by atoms with van der Waals surface area (Å²) in [6.45, 7) is 2.95. The molecule has 1 aliphatic heterocycles. The molecule has 4 heteroatoms. The van der Waals surface area contributed by atoms with E-state index >= 15 is 0 Å². The third-order valence-corrected chi connectivity index (χ3v) is 4.67. The van der Waals surface area contributed by atoms with Crippen molar-refractivity contribution in [1.29, 1.82) is 0 Å². The standard InChI is InChI=1S/C12H12ClNOS/c1-6-5-16-12-9(15)2-8-11(10(6)12)7(3-13)4-14-8/h2,5,7,14-15H,3-4H2,1H3/t7-/m0/s1. The van der Waals surface area contributed by atoms with Crippen molar-refractivity contribution in [2.24, 2.45) is 0 Å². The number of halogens is 1. The lowest BCUT2D eigenvalue weighted by Gasteiger charge is -2.09. The molecule has 0 aliphatic carbocycles. The average molecular weight is 254 g/mol. The molecule has 0 fully saturated rings. The maximum Gasteiger partial charge on any atom is 0.135 e. The SMILES string of the molecule is Cc1csc2c(O)cc3c(c12)[C@@H](CCl)CN3. The van der Waals surface area contributed by atoms with Crippen LogP contribution in [0.25, 0.3) is 10.1 Å². The Morgan fingerprint density at radius 2 is 2.44 bits per heavy atom. The maximum absolute atomic E-state index is 9.95. The largest absolute Gasteiger partial charge is 0.506 e. The molecule has 16 heavy (non-hydrogen) atoms. The quantitative estimate of drug-likeness (QED) is 0.761. The second-order valence-electron chi connectivity index (χ2n) is 4.21. The molecule has 0 saturated heterocycles. The molecule has 1 aromatic heterocycles. The van der Waals surface area contributed by atoms with E-state index in [4.69, 9.17) is 11.6 Å². The minimum Gasteiger partial charge on any atom is -0.506 e. The van der Waals surface area contributed by atoms with Crippen LogP contribution in [0.4, 0.5) is 5.69 Å². The number of anilines is 1. The van der Waals surface area contributed by atoms with Gasteiger partial charge in [0.15, 0.2) is 0 Å². The van der Waals surface area contributed by atoms with Crippen molar-refractivity contribution in [1.82, 2.24) is 0 Å². The van der Waals surface area contributed by atoms with Gasteiger partial charge in [0.05, 0.1) is 4.70 Å². The molecule has 0 amide bonds. The Balaban J connectivity index is 2.40. The molecule has 1 aliphatic rings. The summed E-state index contributed by atoms with van der Waals surface area (Å²) < 4.78 is 0.982. The van der Waals surface area contributed by atoms with E-state index in [1.54, 1.807) is 11.3 Å². The first-order valence-electron chi connectivity index (χ1n) is 5.26. The number of aryl methyl sites for hydroxylation is 1. The molecule has 2 nitrogen and oxygen atoms in total. The number of hydrogen-bond donors (Lipinski definition) is 2. The first-order valence-corrected chi connectivity index (χ1v) is 6.67. The predicted molar refractivity (Wildman–Crippen MR) is 70.2 cm³/mol. The summed E-state index contributed by atoms with van der Waals surface area (Å²) in [5, 5.41) is 16.5. The van der Waals surface area contributed by atoms with Gasteiger partial charge in [-0.2, -0.15) is 0 Å². The molecule has 2 aromatic rings. The van der Waals surface area contributed by atoms with E-state index in [0.717, 1.165) is 16.9 Å². The fraction of sp³-hybridized carbons (Fsp3) is 0.333. The van der Waals surface area contributed by atoms with E-state index in [0.29, 0.717) is 17.5 Å². The molecule has 0 spiro atoms. The van der Waals surface area contributed by atoms with E-state index in [1.807, 2.05) is 6.07 Å². The van der Waals surface area contributed by atoms with Crippen LogP contribution in [0.1, 0.15) is 17.0 Å². The lowest BCUT2D eigenvalue weighted by Crippen LogP contribution is -2.02. The number of alkyl halides is 1. The zero-order chi connectivity index (χ0) is 11.3. The zero-order valence-electron chi connectivity index (χ0n) is 8.88. The van der Waals surface area contributed by atoms with Crippen LogP contribution in [0.2, 0.25) is 0 Å². The zero-order valence-corrected chi connectivity index (χ0v) is 10.5. The Hall–Kier alpha value is -0.930. The normalized spacial score (nSPS) is 18.8. The molecule has 1 aromatic carbocycles. The number of hydrogen-bond acceptors (Lipinski definition) is 3. The van der Waals surface area contributed by atoms with Gasteiger partial charge >= 0.3 is 0 Å². The highest BCUT2D eigenvalue weighted by molar-refractivity contribution is 7.17. The topological polar surface area (TPSA) is 32.3 Å². The van der Waals surface area contributed by atoms with E-state index in [1.165, 1.54) is 16.5 Å². The van der Waals surface area contributed by atoms with E-state index in [2.05, 4.69) is 17.6 Å². The second-order valence-corrected chi connectivity index (χ2v) is 5.40. The van der Waals surface area contributed by atoms with Gasteiger partial charge in [-0.3, -0.25) is 0 Å². The summed E-state index contributed by atoms with van der Waals surface area (Å²) in [6.07, 6.45) is 0. The molecular formula is C12H12ClNOS. The fourth-order valence-corrected chi connectivity index (χ4v) is 3.66. The van der Waals surface area contributed by atoms with Gasteiger partial charge in [-0.1, -0.05) is 0 Å². The van der Waals surface area contributed by atoms with Crippen molar-refractivity contribution in [2.45, 2.75) is 12.8 Å². The molecule has 0 bridgehead atoms. The molecule has 0 radical (unpaired) electrons. The first kappa shape index (κ1) is 10.2. The Morgan fingerprint density at radius 3 is 3.19 bits per heavy atom. The molecule has 2 N–H and O–H groups in total. The lowest BCUT2D eigenvalue weighted by atomic mass is 9.97. The number of benzene rings is 1. The van der Waals surface area contributed by atoms with E-state index in [-0.39, 0.29) is 0 Å². The highest BCUT2D eigenvalue weighted by atomic mass is 35.5. The number of phenols is 1. The number of phenolic OH excluding ortho intramolecular Hbond substituents is 1. The number of fused-ring (bicyclic) bond motifs is 3. The van der Waals surface area contributed by atoms with Gasteiger partial charge in [0.25, 0.3) is 0 Å². The van der Waals surface area contributed by atoms with Crippen LogP contribution in [0.15, 0.2) is 11.4 Å². The number of aromatic hydroxyl groups is 1. The fourth-order valence-electron chi connectivity index (χ4n) is 2.42. The van der Waals surface area contributed by atoms with Crippen molar-refractivity contribution in [3.63, 3.8) is 0 Å². The molecule has 2 heterocycles. The van der Waals surface area contributed by atoms with Crippen LogP contribution in [0.3, 0.4) is 0 Å². The van der Waals surface area contributed by atoms with Gasteiger partial charge in [-0.15, -0.1) is 22.9 Å². The summed E-state index contributed by atoms with van der Waals surface area (Å²) >= 11 is 7.59. The summed E-state index contributed by atoms with van der Waals surface area (Å²) in [5.41, 5.74) is 3.55. The van der Waals surface area contributed by atoms with Crippen LogP contribution in [0, 0.1) is 6.92 Å². The van der Waals surface area contributed by atoms with Crippen LogP contribution in [-0.4, -0.2) is 17.5 Å². The molecule has 0 unspecified atom stereocenters. The molecule has 0 saturated carbocycles. The highest BCUT2D eigenvalue weighted by Crippen LogP contribution is 2.45. The Labute approximate surface area is 103 Å². The maximum atomic E-state index is 9.95. The van der Waals surface area contributed by atoms with Crippen molar-refractivity contribution in [3.8, 4) is 5.75 Å². The molecular weight excluding hydrogens is 242 g/mol. The van der Waals surface area contributed by atoms with Crippen molar-refractivity contribution in [3.05, 3.63) is 22.6 Å². The summed E-state index contributed by atoms with van der Waals surface area (Å²) in [4.78, 5) is 0. The van der Waals surface area contributed by atoms with Crippen molar-refractivity contribution < 1.29 is 5.11 Å². The number of nitrogens with one attached hydrogen (secondary N) is 1. The van der Waals surface area contributed by atoms with E-state index in [9.17, 15) is 5.11 Å². The second kappa shape index (κ2) is 3.54. The monoisotopic (exact) mass is 253 g/mol. The van der Waals surface area contributed by atoms with Crippen LogP contribution < -0.4 is 5.32 Å². The van der Waals surface area contributed by atoms with Gasteiger partial charge in [0, 0.05) is 35.5 Å². The Morgan fingerprint density at radius 1 is 1.62 bits per heavy atom. The number of rotatable bonds is 1. The summed E-state index contributed by atoms with van der Waals surface area (Å²) in [6, 6.07) is 1.82. The summed E-state index contributed by atoms with van der Waals surface area (Å²) in [5.74, 6) is 1.34. The highest BCUT2D eigenvalue weighted by Gasteiger charge is 2.26. The van der Waals surface area contributed by atoms with Crippen LogP contribution >= 0.6 is 22.9 Å². The van der Waals surface area contributed by atoms with Crippen molar-refractivity contribution >= 4 is 38.7 Å². The minimum atomic E-state index is 0.355. The van der Waals surface area contributed by atoms with Gasteiger partial charge in [-0.25, -0.2) is 0 Å². The molecule has 84 valence electrons. The average Bonchev–Trinajstić information content (AvgIpc) is 2.82. The van der Waals surface area contributed by atoms with Gasteiger partial charge < -0.3 is 10.4 Å². The first-order chi connectivity index (χ1) is 7.72. The van der Waals surface area contributed by atoms with Gasteiger partial charge in [0.2, 0.25) is 0 Å². The Bertz CT molecular complexity index is 564. The van der Waals surface area contributed by atoms with Crippen LogP contribution in [-0.2, 0) is 0 Å². The van der Waals surface area contributed by atoms with Crippen LogP contribution in [0.5, 0.6) is 5.75 Å². The predicted octanol–water partition coefficient (Wildman–Crippen LogP) is 3.66. The number of thiophene rings is 1. The Kier molecular flexibility index (Phi) is 2.26. The van der Waals surface area contributed by atoms with Gasteiger partial charge in [-0.05, 0) is 23.4 Å². The van der Waals surface area contributed by atoms with E-state index < -0.39 is 0 Å². The van der Waals surface area contributed by atoms with Gasteiger partial charge in [0.1, 0.15) is 5.75 Å². The third-order valence-electron chi connectivity index (χ3n) is 3.18. The summed E-state index contributed by atoms with van der Waals surface area (Å²) in [7, 11) is 0.